The van der Waals surface area contributed by atoms with Crippen molar-refractivity contribution >= 4 is 60.1 Å². The summed E-state index contributed by atoms with van der Waals surface area (Å²) in [4.78, 5) is 28.3. The Balaban J connectivity index is 1.64. The van der Waals surface area contributed by atoms with E-state index >= 15 is 0 Å². The molecule has 2 bridgehead atoms. The minimum atomic E-state index is -0.167. The highest BCUT2D eigenvalue weighted by Crippen LogP contribution is 2.60. The van der Waals surface area contributed by atoms with E-state index in [1.807, 2.05) is 42.5 Å². The molecule has 122 valence electrons. The second-order valence-electron chi connectivity index (χ2n) is 7.01. The first kappa shape index (κ1) is 15.1. The monoisotopic (exact) mass is 447 g/mol. The quantitative estimate of drug-likeness (QED) is 0.486. The first-order chi connectivity index (χ1) is 11.6. The van der Waals surface area contributed by atoms with Gasteiger partial charge in [0.05, 0.1) is 17.5 Å². The van der Waals surface area contributed by atoms with Crippen molar-refractivity contribution in [3.8, 4) is 0 Å². The van der Waals surface area contributed by atoms with Crippen LogP contribution in [0.5, 0.6) is 0 Å². The second kappa shape index (κ2) is 5.15. The molecule has 0 unspecified atom stereocenters. The molecule has 24 heavy (non-hydrogen) atoms. The molecule has 3 nitrogen and oxygen atoms in total. The summed E-state index contributed by atoms with van der Waals surface area (Å²) >= 11 is 7.46. The van der Waals surface area contributed by atoms with Crippen LogP contribution in [-0.4, -0.2) is 21.5 Å². The van der Waals surface area contributed by atoms with Gasteiger partial charge in [-0.25, -0.2) is 4.90 Å². The Bertz CT molecular complexity index is 845. The minimum absolute atomic E-state index is 0.0160. The molecular weight excluding hydrogens is 434 g/mol. The van der Waals surface area contributed by atoms with Crippen LogP contribution in [0.2, 0.25) is 0 Å². The Morgan fingerprint density at radius 1 is 0.833 bits per heavy atom. The number of hydrogen-bond acceptors (Lipinski definition) is 2. The van der Waals surface area contributed by atoms with Crippen LogP contribution in [0, 0.1) is 23.7 Å². The van der Waals surface area contributed by atoms with Crippen molar-refractivity contribution in [3.05, 3.63) is 42.5 Å². The number of alkyl halides is 2. The third-order valence-corrected chi connectivity index (χ3v) is 9.20. The van der Waals surface area contributed by atoms with Crippen LogP contribution in [-0.2, 0) is 9.59 Å². The average molecular weight is 449 g/mol. The molecule has 0 N–H and O–H groups in total. The molecule has 2 aromatic rings. The number of hydrogen-bond donors (Lipinski definition) is 0. The van der Waals surface area contributed by atoms with Crippen LogP contribution in [0.1, 0.15) is 6.42 Å². The third-order valence-electron chi connectivity index (χ3n) is 5.99. The third kappa shape index (κ3) is 1.77. The fourth-order valence-corrected chi connectivity index (χ4v) is 6.86. The molecule has 2 amide bonds. The fraction of sp³-hybridized carbons (Fsp3) is 0.368. The fourth-order valence-electron chi connectivity index (χ4n) is 4.99. The summed E-state index contributed by atoms with van der Waals surface area (Å²) in [6.45, 7) is 0. The molecule has 2 aromatic carbocycles. The maximum atomic E-state index is 13.2. The molecule has 2 saturated carbocycles. The molecular formula is C19H15Br2NO2. The number of halogens is 2. The lowest BCUT2D eigenvalue weighted by atomic mass is 9.81. The highest BCUT2D eigenvalue weighted by Gasteiger charge is 2.66. The highest BCUT2D eigenvalue weighted by molar-refractivity contribution is 9.12. The van der Waals surface area contributed by atoms with Gasteiger partial charge >= 0.3 is 0 Å². The molecule has 1 saturated heterocycles. The first-order valence-electron chi connectivity index (χ1n) is 8.23. The number of rotatable bonds is 1. The number of nitrogens with zero attached hydrogens (tertiary/aromatic N) is 1. The van der Waals surface area contributed by atoms with E-state index in [9.17, 15) is 9.59 Å². The molecule has 5 rings (SSSR count). The molecule has 0 radical (unpaired) electrons. The number of imide groups is 1. The molecule has 1 aliphatic heterocycles. The number of amides is 2. The molecule has 5 heteroatoms. The Hall–Kier alpha value is -1.20. The van der Waals surface area contributed by atoms with E-state index in [0.717, 1.165) is 22.9 Å². The number of anilines is 1. The van der Waals surface area contributed by atoms with Crippen molar-refractivity contribution in [1.82, 2.24) is 0 Å². The van der Waals surface area contributed by atoms with Gasteiger partial charge in [0.15, 0.2) is 0 Å². The average Bonchev–Trinajstić information content (AvgIpc) is 3.20. The van der Waals surface area contributed by atoms with E-state index in [2.05, 4.69) is 31.9 Å². The van der Waals surface area contributed by atoms with E-state index in [1.165, 1.54) is 4.90 Å². The van der Waals surface area contributed by atoms with E-state index in [0.29, 0.717) is 0 Å². The van der Waals surface area contributed by atoms with Gasteiger partial charge in [-0.05, 0) is 29.7 Å². The standard InChI is InChI=1S/C19H15Br2NO2/c20-16-11-8-12(17(16)21)15-14(11)18(23)22(19(15)24)13-7-3-5-9-4-1-2-6-10(9)13/h1-7,11-12,14-17H,8H2/t11-,12+,14-,15-,16+,17-/m0/s1. The Morgan fingerprint density at radius 2 is 1.42 bits per heavy atom. The van der Waals surface area contributed by atoms with Crippen molar-refractivity contribution in [2.24, 2.45) is 23.7 Å². The SMILES string of the molecule is O=C1[C@H]2[C@@H]3C[C@@H]([C@H](Br)[C@@H]3Br)[C@@H]2C(=O)N1c1cccc2ccccc12. The van der Waals surface area contributed by atoms with E-state index in [4.69, 9.17) is 0 Å². The zero-order chi connectivity index (χ0) is 16.6. The summed E-state index contributed by atoms with van der Waals surface area (Å²) in [5.74, 6) is 0.135. The van der Waals surface area contributed by atoms with Crippen LogP contribution < -0.4 is 4.90 Å². The Kier molecular flexibility index (Phi) is 3.24. The van der Waals surface area contributed by atoms with Crippen molar-refractivity contribution in [1.29, 1.82) is 0 Å². The van der Waals surface area contributed by atoms with Crippen molar-refractivity contribution in [2.45, 2.75) is 16.1 Å². The van der Waals surface area contributed by atoms with Crippen LogP contribution in [0.25, 0.3) is 10.8 Å². The van der Waals surface area contributed by atoms with Gasteiger partial charge in [0.25, 0.3) is 0 Å². The molecule has 2 aliphatic carbocycles. The van der Waals surface area contributed by atoms with Crippen molar-refractivity contribution in [2.75, 3.05) is 4.90 Å². The van der Waals surface area contributed by atoms with Gasteiger partial charge in [-0.1, -0.05) is 68.3 Å². The lowest BCUT2D eigenvalue weighted by molar-refractivity contribution is -0.123. The molecule has 0 spiro atoms. The summed E-state index contributed by atoms with van der Waals surface area (Å²) in [6, 6.07) is 13.7. The van der Waals surface area contributed by atoms with Crippen molar-refractivity contribution in [3.63, 3.8) is 0 Å². The highest BCUT2D eigenvalue weighted by atomic mass is 79.9. The largest absolute Gasteiger partial charge is 0.274 e. The normalized spacial score (nSPS) is 37.5. The van der Waals surface area contributed by atoms with Crippen LogP contribution >= 0.6 is 31.9 Å². The summed E-state index contributed by atoms with van der Waals surface area (Å²) in [6.07, 6.45) is 0.960. The summed E-state index contributed by atoms with van der Waals surface area (Å²) in [7, 11) is 0. The van der Waals surface area contributed by atoms with Gasteiger partial charge in [-0.3, -0.25) is 9.59 Å². The zero-order valence-corrected chi connectivity index (χ0v) is 15.9. The van der Waals surface area contributed by atoms with E-state index in [-0.39, 0.29) is 45.1 Å². The lowest BCUT2D eigenvalue weighted by Crippen LogP contribution is -2.37. The predicted molar refractivity (Wildman–Crippen MR) is 100 cm³/mol. The molecule has 1 heterocycles. The first-order valence-corrected chi connectivity index (χ1v) is 10.1. The van der Waals surface area contributed by atoms with E-state index < -0.39 is 0 Å². The number of carbonyl (C=O) groups excluding carboxylic acids is 2. The summed E-state index contributed by atoms with van der Waals surface area (Å²) in [5.41, 5.74) is 0.731. The maximum absolute atomic E-state index is 13.2. The topological polar surface area (TPSA) is 37.4 Å². The van der Waals surface area contributed by atoms with Gasteiger partial charge < -0.3 is 0 Å². The second-order valence-corrected chi connectivity index (χ2v) is 9.13. The molecule has 0 aromatic heterocycles. The number of carbonyl (C=O) groups is 2. The van der Waals surface area contributed by atoms with Gasteiger partial charge in [-0.2, -0.15) is 0 Å². The Labute approximate surface area is 156 Å². The lowest BCUT2D eigenvalue weighted by Gasteiger charge is -2.28. The van der Waals surface area contributed by atoms with Crippen LogP contribution in [0.4, 0.5) is 5.69 Å². The minimum Gasteiger partial charge on any atom is -0.274 e. The smallest absolute Gasteiger partial charge is 0.238 e. The van der Waals surface area contributed by atoms with Crippen LogP contribution in [0.3, 0.4) is 0 Å². The summed E-state index contributed by atoms with van der Waals surface area (Å²) < 4.78 is 0. The van der Waals surface area contributed by atoms with E-state index in [1.54, 1.807) is 0 Å². The number of fused-ring (bicyclic) bond motifs is 6. The van der Waals surface area contributed by atoms with Crippen molar-refractivity contribution < 1.29 is 9.59 Å². The van der Waals surface area contributed by atoms with Crippen LogP contribution in [0.15, 0.2) is 42.5 Å². The zero-order valence-electron chi connectivity index (χ0n) is 12.7. The Morgan fingerprint density at radius 3 is 2.08 bits per heavy atom. The molecule has 3 fully saturated rings. The maximum Gasteiger partial charge on any atom is 0.238 e. The predicted octanol–water partition coefficient (Wildman–Crippen LogP) is 4.12. The molecule has 3 aliphatic rings. The van der Waals surface area contributed by atoms with Gasteiger partial charge in [-0.15, -0.1) is 0 Å². The number of benzene rings is 2. The molecule has 6 atom stereocenters. The summed E-state index contributed by atoms with van der Waals surface area (Å²) in [5, 5.41) is 2.01. The van der Waals surface area contributed by atoms with Gasteiger partial charge in [0.1, 0.15) is 0 Å². The van der Waals surface area contributed by atoms with Gasteiger partial charge in [0.2, 0.25) is 11.8 Å². The van der Waals surface area contributed by atoms with Gasteiger partial charge in [0, 0.05) is 15.0 Å².